The van der Waals surface area contributed by atoms with Crippen LogP contribution in [0.15, 0.2) is 48.5 Å². The van der Waals surface area contributed by atoms with Crippen LogP contribution in [0.25, 0.3) is 33.4 Å². The van der Waals surface area contributed by atoms with Crippen LogP contribution in [0.1, 0.15) is 0 Å². The number of hydrogen-bond donors (Lipinski definition) is 1. The maximum Gasteiger partial charge on any atom is 0.304 e. The lowest BCUT2D eigenvalue weighted by Crippen LogP contribution is -2.45. The van der Waals surface area contributed by atoms with E-state index in [1.54, 1.807) is 18.2 Å². The van der Waals surface area contributed by atoms with Gasteiger partial charge in [-0.3, -0.25) is 4.90 Å². The van der Waals surface area contributed by atoms with Crippen molar-refractivity contribution in [1.29, 1.82) is 0 Å². The number of anilines is 1. The van der Waals surface area contributed by atoms with E-state index in [1.807, 2.05) is 0 Å². The predicted molar refractivity (Wildman–Crippen MR) is 149 cm³/mol. The van der Waals surface area contributed by atoms with Gasteiger partial charge in [-0.1, -0.05) is 11.6 Å². The smallest absolute Gasteiger partial charge is 0.304 e. The summed E-state index contributed by atoms with van der Waals surface area (Å²) in [6, 6.07) is 11.8. The van der Waals surface area contributed by atoms with Gasteiger partial charge in [0.05, 0.1) is 22.5 Å². The molecule has 0 amide bonds. The van der Waals surface area contributed by atoms with Gasteiger partial charge in [0.2, 0.25) is 5.88 Å². The van der Waals surface area contributed by atoms with Gasteiger partial charge >= 0.3 is 6.43 Å². The molecule has 1 fully saturated rings. The van der Waals surface area contributed by atoms with Crippen molar-refractivity contribution < 1.29 is 27.0 Å². The number of nitrogen functional groups attached to an aromatic ring is 1. The van der Waals surface area contributed by atoms with Crippen LogP contribution in [0.4, 0.5) is 23.2 Å². The van der Waals surface area contributed by atoms with E-state index in [0.717, 1.165) is 38.8 Å². The number of likely N-dealkylation sites (N-methyl/N-ethyl adjacent to an activating group) is 1. The summed E-state index contributed by atoms with van der Waals surface area (Å²) in [5.74, 6) is -0.651. The summed E-state index contributed by atoms with van der Waals surface area (Å²) < 4.78 is 65.2. The minimum absolute atomic E-state index is 0.00117. The number of nitrogens with zero attached hydrogens (tertiary/aromatic N) is 5. The summed E-state index contributed by atoms with van der Waals surface area (Å²) in [6.45, 7) is 5.18. The molecule has 8 nitrogen and oxygen atoms in total. The van der Waals surface area contributed by atoms with Gasteiger partial charge in [0, 0.05) is 60.4 Å². The Morgan fingerprint density at radius 2 is 1.73 bits per heavy atom. The normalized spacial score (nSPS) is 15.4. The van der Waals surface area contributed by atoms with E-state index in [9.17, 15) is 17.6 Å². The Hall–Kier alpha value is -3.74. The van der Waals surface area contributed by atoms with Crippen molar-refractivity contribution in [3.63, 3.8) is 0 Å². The van der Waals surface area contributed by atoms with E-state index in [0.29, 0.717) is 28.9 Å². The number of hydrogen-bond acceptors (Lipinski definition) is 8. The zero-order valence-corrected chi connectivity index (χ0v) is 22.8. The van der Waals surface area contributed by atoms with Crippen molar-refractivity contribution in [2.24, 2.45) is 0 Å². The van der Waals surface area contributed by atoms with Crippen LogP contribution in [0.2, 0.25) is 5.02 Å². The fraction of sp³-hybridized carbons (Fsp3) is 0.321. The van der Waals surface area contributed by atoms with Gasteiger partial charge in [-0.05, 0) is 49.5 Å². The second kappa shape index (κ2) is 12.4. The molecule has 1 unspecified atom stereocenters. The standard InChI is InChI=1S/C28H27ClF4N6O2/c1-38-6-8-39(9-7-38)10-11-40-17-3-4-18-22(34)15-24(35-23(18)13-17)20-14-25(19-12-16(29)2-5-21(19)30)36-37-28(20)41-27(33)26(31)32/h2-5,12-15,26-27H,6-11H2,1H3,(H2,34,35). The molecule has 0 saturated carbocycles. The molecule has 0 bridgehead atoms. The first kappa shape index (κ1) is 28.8. The van der Waals surface area contributed by atoms with E-state index in [2.05, 4.69) is 32.0 Å². The zero-order chi connectivity index (χ0) is 29.1. The van der Waals surface area contributed by atoms with Crippen LogP contribution in [0.3, 0.4) is 0 Å². The van der Waals surface area contributed by atoms with Gasteiger partial charge in [-0.2, -0.15) is 4.39 Å². The molecule has 0 aliphatic carbocycles. The molecule has 1 saturated heterocycles. The Bertz CT molecular complexity index is 1540. The van der Waals surface area contributed by atoms with Crippen molar-refractivity contribution in [1.82, 2.24) is 25.0 Å². The molecule has 3 heterocycles. The van der Waals surface area contributed by atoms with Crippen LogP contribution < -0.4 is 15.2 Å². The van der Waals surface area contributed by atoms with Crippen LogP contribution >= 0.6 is 11.6 Å². The monoisotopic (exact) mass is 590 g/mol. The topological polar surface area (TPSA) is 89.6 Å². The predicted octanol–water partition coefficient (Wildman–Crippen LogP) is 5.30. The molecule has 41 heavy (non-hydrogen) atoms. The number of benzene rings is 2. The Kier molecular flexibility index (Phi) is 8.71. The van der Waals surface area contributed by atoms with E-state index in [4.69, 9.17) is 26.8 Å². The van der Waals surface area contributed by atoms with E-state index >= 15 is 0 Å². The summed E-state index contributed by atoms with van der Waals surface area (Å²) in [5.41, 5.74) is 7.14. The zero-order valence-electron chi connectivity index (χ0n) is 22.0. The van der Waals surface area contributed by atoms with Crippen LogP contribution in [0, 0.1) is 5.82 Å². The second-order valence-electron chi connectivity index (χ2n) is 9.65. The van der Waals surface area contributed by atoms with Gasteiger partial charge in [-0.15, -0.1) is 10.2 Å². The number of ether oxygens (including phenoxy) is 2. The average Bonchev–Trinajstić information content (AvgIpc) is 2.95. The van der Waals surface area contributed by atoms with Crippen molar-refractivity contribution in [2.45, 2.75) is 12.8 Å². The minimum atomic E-state index is -3.44. The highest BCUT2D eigenvalue weighted by atomic mass is 35.5. The number of fused-ring (bicyclic) bond motifs is 1. The third kappa shape index (κ3) is 6.77. The van der Waals surface area contributed by atoms with Crippen LogP contribution in [-0.2, 0) is 0 Å². The van der Waals surface area contributed by atoms with Crippen molar-refractivity contribution in [3.8, 4) is 34.1 Å². The van der Waals surface area contributed by atoms with E-state index in [1.165, 1.54) is 24.3 Å². The van der Waals surface area contributed by atoms with Crippen LogP contribution in [0.5, 0.6) is 11.6 Å². The van der Waals surface area contributed by atoms with Crippen molar-refractivity contribution in [3.05, 3.63) is 59.4 Å². The maximum atomic E-state index is 14.6. The summed E-state index contributed by atoms with van der Waals surface area (Å²) in [6.07, 6.45) is -6.41. The second-order valence-corrected chi connectivity index (χ2v) is 10.1. The first-order chi connectivity index (χ1) is 19.7. The third-order valence-electron chi connectivity index (χ3n) is 6.75. The summed E-state index contributed by atoms with van der Waals surface area (Å²) in [7, 11) is 2.10. The summed E-state index contributed by atoms with van der Waals surface area (Å²) >= 11 is 6.03. The number of nitrogens with two attached hydrogens (primary N) is 1. The van der Waals surface area contributed by atoms with Gasteiger partial charge in [0.1, 0.15) is 18.2 Å². The molecule has 216 valence electrons. The molecule has 4 aromatic rings. The molecular weight excluding hydrogens is 564 g/mol. The molecule has 0 spiro atoms. The lowest BCUT2D eigenvalue weighted by molar-refractivity contribution is -0.0691. The number of halogens is 5. The maximum absolute atomic E-state index is 14.6. The highest BCUT2D eigenvalue weighted by Crippen LogP contribution is 2.36. The lowest BCUT2D eigenvalue weighted by Gasteiger charge is -2.32. The first-order valence-corrected chi connectivity index (χ1v) is 13.2. The fourth-order valence-electron chi connectivity index (χ4n) is 4.46. The van der Waals surface area contributed by atoms with Crippen molar-refractivity contribution >= 4 is 28.2 Å². The molecule has 1 aliphatic rings. The van der Waals surface area contributed by atoms with Gasteiger partial charge in [0.25, 0.3) is 6.36 Å². The Balaban J connectivity index is 1.48. The number of alkyl halides is 3. The lowest BCUT2D eigenvalue weighted by atomic mass is 10.1. The molecule has 1 aliphatic heterocycles. The minimum Gasteiger partial charge on any atom is -0.492 e. The van der Waals surface area contributed by atoms with E-state index < -0.39 is 24.5 Å². The van der Waals surface area contributed by atoms with Gasteiger partial charge in [-0.25, -0.2) is 18.2 Å². The Morgan fingerprint density at radius 3 is 2.49 bits per heavy atom. The summed E-state index contributed by atoms with van der Waals surface area (Å²) in [4.78, 5) is 9.21. The summed E-state index contributed by atoms with van der Waals surface area (Å²) in [5, 5.41) is 8.48. The highest BCUT2D eigenvalue weighted by Gasteiger charge is 2.25. The molecule has 0 radical (unpaired) electrons. The van der Waals surface area contributed by atoms with Crippen molar-refractivity contribution in [2.75, 3.05) is 52.1 Å². The van der Waals surface area contributed by atoms with Crippen LogP contribution in [-0.4, -0.2) is 84.1 Å². The number of rotatable bonds is 9. The largest absolute Gasteiger partial charge is 0.492 e. The van der Waals surface area contributed by atoms with E-state index in [-0.39, 0.29) is 27.5 Å². The van der Waals surface area contributed by atoms with Gasteiger partial charge < -0.3 is 20.1 Å². The molecule has 2 aromatic carbocycles. The average molecular weight is 591 g/mol. The Morgan fingerprint density at radius 1 is 0.951 bits per heavy atom. The molecule has 1 atom stereocenters. The number of piperazine rings is 1. The SMILES string of the molecule is CN1CCN(CCOc2ccc3c(N)cc(-c4cc(-c5cc(Cl)ccc5F)nnc4OC(F)C(F)F)nc3c2)CC1. The molecule has 2 N–H and O–H groups in total. The first-order valence-electron chi connectivity index (χ1n) is 12.8. The Labute approximate surface area is 238 Å². The number of pyridine rings is 1. The quantitative estimate of drug-likeness (QED) is 0.263. The van der Waals surface area contributed by atoms with Gasteiger partial charge in [0.15, 0.2) is 0 Å². The molecule has 5 rings (SSSR count). The fourth-order valence-corrected chi connectivity index (χ4v) is 4.63. The number of aromatic nitrogens is 3. The highest BCUT2D eigenvalue weighted by molar-refractivity contribution is 6.30. The third-order valence-corrected chi connectivity index (χ3v) is 6.98. The molecular formula is C28H27ClF4N6O2. The molecule has 13 heteroatoms. The molecule has 2 aromatic heterocycles.